The van der Waals surface area contributed by atoms with Crippen molar-refractivity contribution in [3.63, 3.8) is 0 Å². The van der Waals surface area contributed by atoms with E-state index >= 15 is 0 Å². The molecule has 1 heterocycles. The van der Waals surface area contributed by atoms with E-state index in [9.17, 15) is 0 Å². The summed E-state index contributed by atoms with van der Waals surface area (Å²) in [7, 11) is 0. The topological polar surface area (TPSA) is 15.8 Å². The van der Waals surface area contributed by atoms with Gasteiger partial charge in [0.1, 0.15) is 4.64 Å². The second kappa shape index (κ2) is 4.80. The molecule has 0 atom stereocenters. The molecule has 0 saturated carbocycles. The van der Waals surface area contributed by atoms with Gasteiger partial charge < -0.3 is 4.98 Å². The highest BCUT2D eigenvalue weighted by Crippen LogP contribution is 2.29. The van der Waals surface area contributed by atoms with Crippen LogP contribution in [0, 0.1) is 11.6 Å². The minimum atomic E-state index is 0.737. The third-order valence-electron chi connectivity index (χ3n) is 3.15. The number of hydrogen-bond donors (Lipinski definition) is 1. The molecule has 94 valence electrons. The molecular formula is C16H12ClNS. The van der Waals surface area contributed by atoms with Gasteiger partial charge in [0, 0.05) is 15.9 Å². The summed E-state index contributed by atoms with van der Waals surface area (Å²) in [5.41, 5.74) is 4.55. The third-order valence-corrected chi connectivity index (χ3v) is 3.63. The summed E-state index contributed by atoms with van der Waals surface area (Å²) in [5, 5.41) is 1.92. The quantitative estimate of drug-likeness (QED) is 0.582. The van der Waals surface area contributed by atoms with E-state index in [1.807, 2.05) is 30.3 Å². The van der Waals surface area contributed by atoms with Gasteiger partial charge >= 0.3 is 0 Å². The number of H-pyrrole nitrogens is 1. The van der Waals surface area contributed by atoms with Crippen LogP contribution in [0.3, 0.4) is 0 Å². The van der Waals surface area contributed by atoms with Crippen LogP contribution in [0.25, 0.3) is 22.0 Å². The maximum Gasteiger partial charge on any atom is 0.104 e. The Balaban J connectivity index is 2.35. The number of aromatic nitrogens is 1. The zero-order chi connectivity index (χ0) is 13.4. The van der Waals surface area contributed by atoms with E-state index in [-0.39, 0.29) is 0 Å². The van der Waals surface area contributed by atoms with Crippen LogP contribution in [0.4, 0.5) is 0 Å². The van der Waals surface area contributed by atoms with E-state index in [1.165, 1.54) is 10.9 Å². The number of nitrogens with one attached hydrogen (secondary N) is 1. The maximum atomic E-state index is 5.95. The molecular weight excluding hydrogens is 274 g/mol. The molecule has 0 bridgehead atoms. The van der Waals surface area contributed by atoms with Gasteiger partial charge in [0.15, 0.2) is 0 Å². The van der Waals surface area contributed by atoms with Crippen molar-refractivity contribution in [3.05, 3.63) is 63.8 Å². The van der Waals surface area contributed by atoms with Gasteiger partial charge in [-0.1, -0.05) is 47.6 Å². The Morgan fingerprint density at radius 2 is 1.74 bits per heavy atom. The Kier molecular flexibility index (Phi) is 3.13. The van der Waals surface area contributed by atoms with Crippen LogP contribution in [-0.4, -0.2) is 4.98 Å². The van der Waals surface area contributed by atoms with E-state index in [2.05, 4.69) is 30.1 Å². The summed E-state index contributed by atoms with van der Waals surface area (Å²) in [6.07, 6.45) is 0. The predicted octanol–water partition coefficient (Wildman–Crippen LogP) is 5.53. The van der Waals surface area contributed by atoms with Gasteiger partial charge in [-0.15, -0.1) is 0 Å². The number of rotatable bonds is 1. The first-order chi connectivity index (χ1) is 9.13. The lowest BCUT2D eigenvalue weighted by atomic mass is 10.0. The highest BCUT2D eigenvalue weighted by Gasteiger charge is 2.05. The molecule has 0 unspecified atom stereocenters. The summed E-state index contributed by atoms with van der Waals surface area (Å²) in [6, 6.07) is 16.2. The van der Waals surface area contributed by atoms with E-state index in [4.69, 9.17) is 23.8 Å². The van der Waals surface area contributed by atoms with Crippen LogP contribution in [0.2, 0.25) is 5.02 Å². The third kappa shape index (κ3) is 2.42. The summed E-state index contributed by atoms with van der Waals surface area (Å²) in [5.74, 6) is 0. The van der Waals surface area contributed by atoms with E-state index < -0.39 is 0 Å². The normalized spacial score (nSPS) is 10.8. The number of pyridine rings is 1. The first-order valence-corrected chi connectivity index (χ1v) is 6.82. The van der Waals surface area contributed by atoms with Crippen LogP contribution >= 0.6 is 23.8 Å². The van der Waals surface area contributed by atoms with Crippen LogP contribution < -0.4 is 0 Å². The van der Waals surface area contributed by atoms with Gasteiger partial charge in [-0.2, -0.15) is 0 Å². The largest absolute Gasteiger partial charge is 0.346 e. The molecule has 0 aliphatic heterocycles. The molecule has 0 saturated heterocycles. The molecule has 0 aliphatic carbocycles. The van der Waals surface area contributed by atoms with Gasteiger partial charge in [0.2, 0.25) is 0 Å². The summed E-state index contributed by atoms with van der Waals surface area (Å²) in [4.78, 5) is 3.23. The molecule has 19 heavy (non-hydrogen) atoms. The van der Waals surface area contributed by atoms with Crippen molar-refractivity contribution in [2.75, 3.05) is 0 Å². The Morgan fingerprint density at radius 1 is 1.00 bits per heavy atom. The summed E-state index contributed by atoms with van der Waals surface area (Å²) in [6.45, 7) is 2.09. The van der Waals surface area contributed by atoms with Crippen molar-refractivity contribution in [1.82, 2.24) is 4.98 Å². The molecule has 1 aromatic heterocycles. The van der Waals surface area contributed by atoms with Crippen LogP contribution in [0.15, 0.2) is 48.5 Å². The maximum absolute atomic E-state index is 5.95. The SMILES string of the molecule is Cc1ccc2[nH]c(=S)cc(-c3ccc(Cl)cc3)c2c1. The average molecular weight is 286 g/mol. The molecule has 0 amide bonds. The fourth-order valence-electron chi connectivity index (χ4n) is 2.24. The molecule has 1 nitrogen and oxygen atoms in total. The Bertz CT molecular complexity index is 803. The van der Waals surface area contributed by atoms with E-state index in [0.29, 0.717) is 0 Å². The summed E-state index contributed by atoms with van der Waals surface area (Å²) >= 11 is 11.3. The predicted molar refractivity (Wildman–Crippen MR) is 84.3 cm³/mol. The van der Waals surface area contributed by atoms with Crippen molar-refractivity contribution in [1.29, 1.82) is 0 Å². The second-order valence-electron chi connectivity index (χ2n) is 4.60. The molecule has 2 aromatic carbocycles. The van der Waals surface area contributed by atoms with Gasteiger partial charge in [-0.05, 0) is 48.4 Å². The van der Waals surface area contributed by atoms with E-state index in [1.54, 1.807) is 0 Å². The molecule has 0 aliphatic rings. The fraction of sp³-hybridized carbons (Fsp3) is 0.0625. The average Bonchev–Trinajstić information content (AvgIpc) is 2.39. The fourth-order valence-corrected chi connectivity index (χ4v) is 2.59. The Morgan fingerprint density at radius 3 is 2.47 bits per heavy atom. The van der Waals surface area contributed by atoms with Gasteiger partial charge in [-0.25, -0.2) is 0 Å². The van der Waals surface area contributed by atoms with Crippen molar-refractivity contribution >= 4 is 34.7 Å². The lowest BCUT2D eigenvalue weighted by molar-refractivity contribution is 1.36. The Hall–Kier alpha value is -1.64. The lowest BCUT2D eigenvalue weighted by Crippen LogP contribution is -1.87. The standard InChI is InChI=1S/C16H12ClNS/c1-10-2-7-15-14(8-10)13(9-16(19)18-15)11-3-5-12(17)6-4-11/h2-9H,1H3,(H,18,19). The van der Waals surface area contributed by atoms with Crippen LogP contribution in [0.1, 0.15) is 5.56 Å². The van der Waals surface area contributed by atoms with Gasteiger partial charge in [0.05, 0.1) is 0 Å². The first-order valence-electron chi connectivity index (χ1n) is 6.03. The van der Waals surface area contributed by atoms with Crippen LogP contribution in [-0.2, 0) is 0 Å². The minimum Gasteiger partial charge on any atom is -0.346 e. The van der Waals surface area contributed by atoms with Crippen LogP contribution in [0.5, 0.6) is 0 Å². The first kappa shape index (κ1) is 12.4. The number of aryl methyl sites for hydroxylation is 1. The minimum absolute atomic E-state index is 0.737. The van der Waals surface area contributed by atoms with Gasteiger partial charge in [0.25, 0.3) is 0 Å². The zero-order valence-corrected chi connectivity index (χ0v) is 12.0. The van der Waals surface area contributed by atoms with Crippen molar-refractivity contribution in [3.8, 4) is 11.1 Å². The molecule has 0 spiro atoms. The van der Waals surface area contributed by atoms with Gasteiger partial charge in [-0.3, -0.25) is 0 Å². The monoisotopic (exact) mass is 285 g/mol. The number of fused-ring (bicyclic) bond motifs is 1. The second-order valence-corrected chi connectivity index (χ2v) is 5.48. The number of hydrogen-bond acceptors (Lipinski definition) is 1. The van der Waals surface area contributed by atoms with E-state index in [0.717, 1.165) is 26.3 Å². The zero-order valence-electron chi connectivity index (χ0n) is 10.4. The smallest absolute Gasteiger partial charge is 0.104 e. The molecule has 3 aromatic rings. The molecule has 3 heteroatoms. The number of halogens is 1. The summed E-state index contributed by atoms with van der Waals surface area (Å²) < 4.78 is 0.737. The van der Waals surface area contributed by atoms with Crippen molar-refractivity contribution < 1.29 is 0 Å². The van der Waals surface area contributed by atoms with Crippen molar-refractivity contribution in [2.45, 2.75) is 6.92 Å². The Labute approximate surface area is 121 Å². The number of aromatic amines is 1. The lowest BCUT2D eigenvalue weighted by Gasteiger charge is -2.08. The number of benzene rings is 2. The highest BCUT2D eigenvalue weighted by atomic mass is 35.5. The van der Waals surface area contributed by atoms with Crippen molar-refractivity contribution in [2.24, 2.45) is 0 Å². The molecule has 3 rings (SSSR count). The molecule has 1 N–H and O–H groups in total. The molecule has 0 fully saturated rings. The molecule has 0 radical (unpaired) electrons. The highest BCUT2D eigenvalue weighted by molar-refractivity contribution is 7.71.